The number of amides is 1. The summed E-state index contributed by atoms with van der Waals surface area (Å²) in [6, 6.07) is 10.9. The van der Waals surface area contributed by atoms with E-state index in [-0.39, 0.29) is 18.3 Å². The average molecular weight is 385 g/mol. The van der Waals surface area contributed by atoms with Crippen LogP contribution >= 0.6 is 0 Å². The lowest BCUT2D eigenvalue weighted by Gasteiger charge is -2.10. The van der Waals surface area contributed by atoms with Gasteiger partial charge in [0.15, 0.2) is 11.6 Å². The van der Waals surface area contributed by atoms with Gasteiger partial charge in [-0.15, -0.1) is 0 Å². The number of nitrogens with one attached hydrogen (secondary N) is 2. The van der Waals surface area contributed by atoms with E-state index in [9.17, 15) is 18.8 Å². The third-order valence-electron chi connectivity index (χ3n) is 4.25. The summed E-state index contributed by atoms with van der Waals surface area (Å²) in [5.41, 5.74) is -0.0114. The summed E-state index contributed by atoms with van der Waals surface area (Å²) >= 11 is 0. The van der Waals surface area contributed by atoms with Gasteiger partial charge in [-0.3, -0.25) is 14.4 Å². The third kappa shape index (κ3) is 4.11. The maximum atomic E-state index is 13.4. The van der Waals surface area contributed by atoms with Crippen LogP contribution in [0.15, 0.2) is 52.1 Å². The van der Waals surface area contributed by atoms with E-state index < -0.39 is 16.9 Å². The second-order valence-electron chi connectivity index (χ2n) is 6.12. The number of hydrogen-bond acceptors (Lipinski definition) is 4. The average Bonchev–Trinajstić information content (AvgIpc) is 2.69. The number of carbonyl (C=O) groups is 1. The summed E-state index contributed by atoms with van der Waals surface area (Å²) in [6.45, 7) is 2.72. The molecule has 0 atom stereocenters. The summed E-state index contributed by atoms with van der Waals surface area (Å²) < 4.78 is 20.1. The third-order valence-corrected chi connectivity index (χ3v) is 4.25. The highest BCUT2D eigenvalue weighted by Crippen LogP contribution is 2.15. The second kappa shape index (κ2) is 8.51. The number of H-pyrrole nitrogens is 1. The Morgan fingerprint density at radius 2 is 2.00 bits per heavy atom. The van der Waals surface area contributed by atoms with E-state index in [0.717, 1.165) is 0 Å². The second-order valence-corrected chi connectivity index (χ2v) is 6.12. The Kier molecular flexibility index (Phi) is 5.88. The Labute approximate surface area is 159 Å². The molecule has 0 aliphatic rings. The number of nitrogens with zero attached hydrogens (tertiary/aromatic N) is 1. The Hall–Kier alpha value is -3.42. The van der Waals surface area contributed by atoms with Gasteiger partial charge in [-0.1, -0.05) is 12.1 Å². The van der Waals surface area contributed by atoms with Gasteiger partial charge in [0.05, 0.1) is 17.6 Å². The first-order valence-electron chi connectivity index (χ1n) is 8.93. The number of benzene rings is 2. The molecule has 0 unspecified atom stereocenters. The van der Waals surface area contributed by atoms with Crippen molar-refractivity contribution in [2.75, 3.05) is 13.2 Å². The molecule has 1 heterocycles. The van der Waals surface area contributed by atoms with Crippen LogP contribution in [-0.2, 0) is 6.54 Å². The SMILES string of the molecule is CCn1c(=O)c(=O)[nH]c2cc(C(=O)NCCCOc3ccccc3F)ccc21. The summed E-state index contributed by atoms with van der Waals surface area (Å²) in [5.74, 6) is -0.570. The molecular weight excluding hydrogens is 365 g/mol. The Morgan fingerprint density at radius 3 is 2.75 bits per heavy atom. The Morgan fingerprint density at radius 1 is 1.21 bits per heavy atom. The molecule has 3 aromatic rings. The molecule has 28 heavy (non-hydrogen) atoms. The lowest BCUT2D eigenvalue weighted by atomic mass is 10.1. The van der Waals surface area contributed by atoms with E-state index in [2.05, 4.69) is 10.3 Å². The fourth-order valence-corrected chi connectivity index (χ4v) is 2.85. The first-order chi connectivity index (χ1) is 13.5. The topological polar surface area (TPSA) is 93.2 Å². The molecule has 1 amide bonds. The predicted octanol–water partition coefficient (Wildman–Crippen LogP) is 2.05. The number of para-hydroxylation sites is 1. The zero-order valence-corrected chi connectivity index (χ0v) is 15.3. The van der Waals surface area contributed by atoms with Crippen molar-refractivity contribution in [3.8, 4) is 5.75 Å². The van der Waals surface area contributed by atoms with Crippen molar-refractivity contribution in [3.05, 3.63) is 74.6 Å². The normalized spacial score (nSPS) is 10.8. The van der Waals surface area contributed by atoms with Crippen LogP contribution in [0.1, 0.15) is 23.7 Å². The van der Waals surface area contributed by atoms with Gasteiger partial charge in [0.1, 0.15) is 0 Å². The van der Waals surface area contributed by atoms with Crippen molar-refractivity contribution in [3.63, 3.8) is 0 Å². The van der Waals surface area contributed by atoms with Crippen molar-refractivity contribution in [2.45, 2.75) is 19.9 Å². The number of aryl methyl sites for hydroxylation is 1. The summed E-state index contributed by atoms with van der Waals surface area (Å²) in [7, 11) is 0. The molecule has 1 aromatic heterocycles. The molecule has 2 aromatic carbocycles. The minimum Gasteiger partial charge on any atom is -0.490 e. The fourth-order valence-electron chi connectivity index (χ4n) is 2.85. The van der Waals surface area contributed by atoms with Gasteiger partial charge in [-0.05, 0) is 43.7 Å². The molecule has 0 aliphatic carbocycles. The summed E-state index contributed by atoms with van der Waals surface area (Å²) in [6.07, 6.45) is 0.500. The maximum absolute atomic E-state index is 13.4. The van der Waals surface area contributed by atoms with Gasteiger partial charge in [0, 0.05) is 18.7 Å². The van der Waals surface area contributed by atoms with E-state index in [1.54, 1.807) is 37.3 Å². The molecule has 0 aliphatic heterocycles. The van der Waals surface area contributed by atoms with Crippen LogP contribution in [-0.4, -0.2) is 28.6 Å². The zero-order valence-electron chi connectivity index (χ0n) is 15.3. The van der Waals surface area contributed by atoms with Gasteiger partial charge >= 0.3 is 11.1 Å². The maximum Gasteiger partial charge on any atom is 0.316 e. The highest BCUT2D eigenvalue weighted by Gasteiger charge is 2.10. The van der Waals surface area contributed by atoms with Crippen LogP contribution in [0.4, 0.5) is 4.39 Å². The Bertz CT molecular complexity index is 1120. The summed E-state index contributed by atoms with van der Waals surface area (Å²) in [4.78, 5) is 38.4. The number of aromatic amines is 1. The van der Waals surface area contributed by atoms with Crippen LogP contribution < -0.4 is 21.2 Å². The number of hydrogen-bond donors (Lipinski definition) is 2. The van der Waals surface area contributed by atoms with Crippen LogP contribution in [0.5, 0.6) is 5.75 Å². The quantitative estimate of drug-likeness (QED) is 0.481. The predicted molar refractivity (Wildman–Crippen MR) is 103 cm³/mol. The molecule has 0 saturated heterocycles. The molecule has 0 fully saturated rings. The molecule has 2 N–H and O–H groups in total. The molecule has 7 nitrogen and oxygen atoms in total. The number of halogens is 1. The van der Waals surface area contributed by atoms with E-state index >= 15 is 0 Å². The van der Waals surface area contributed by atoms with E-state index in [0.29, 0.717) is 36.1 Å². The lowest BCUT2D eigenvalue weighted by Crippen LogP contribution is -2.36. The van der Waals surface area contributed by atoms with Crippen LogP contribution in [0.25, 0.3) is 11.0 Å². The highest BCUT2D eigenvalue weighted by molar-refractivity contribution is 5.97. The molecule has 0 bridgehead atoms. The number of ether oxygens (including phenoxy) is 1. The number of fused-ring (bicyclic) bond motifs is 1. The molecule has 3 rings (SSSR count). The minimum absolute atomic E-state index is 0.175. The van der Waals surface area contributed by atoms with Gasteiger partial charge in [0.2, 0.25) is 0 Å². The lowest BCUT2D eigenvalue weighted by molar-refractivity contribution is 0.0951. The first kappa shape index (κ1) is 19.3. The fraction of sp³-hybridized carbons (Fsp3) is 0.250. The molecule has 8 heteroatoms. The van der Waals surface area contributed by atoms with Crippen molar-refractivity contribution in [1.29, 1.82) is 0 Å². The van der Waals surface area contributed by atoms with E-state index in [1.807, 2.05) is 0 Å². The monoisotopic (exact) mass is 385 g/mol. The van der Waals surface area contributed by atoms with Gasteiger partial charge < -0.3 is 19.6 Å². The van der Waals surface area contributed by atoms with Gasteiger partial charge in [-0.2, -0.15) is 0 Å². The van der Waals surface area contributed by atoms with Gasteiger partial charge in [0.25, 0.3) is 5.91 Å². The largest absolute Gasteiger partial charge is 0.490 e. The smallest absolute Gasteiger partial charge is 0.316 e. The zero-order chi connectivity index (χ0) is 20.1. The molecule has 146 valence electrons. The van der Waals surface area contributed by atoms with Crippen molar-refractivity contribution in [1.82, 2.24) is 14.9 Å². The molecule has 0 spiro atoms. The highest BCUT2D eigenvalue weighted by atomic mass is 19.1. The Balaban J connectivity index is 1.61. The van der Waals surface area contributed by atoms with Crippen molar-refractivity contribution in [2.24, 2.45) is 0 Å². The number of rotatable bonds is 7. The number of aromatic nitrogens is 2. The van der Waals surface area contributed by atoms with Gasteiger partial charge in [-0.25, -0.2) is 4.39 Å². The van der Waals surface area contributed by atoms with E-state index in [4.69, 9.17) is 4.74 Å². The minimum atomic E-state index is -0.725. The van der Waals surface area contributed by atoms with E-state index in [1.165, 1.54) is 16.7 Å². The summed E-state index contributed by atoms with van der Waals surface area (Å²) in [5, 5.41) is 2.75. The van der Waals surface area contributed by atoms with Crippen LogP contribution in [0.3, 0.4) is 0 Å². The number of carbonyl (C=O) groups excluding carboxylic acids is 1. The van der Waals surface area contributed by atoms with Crippen LogP contribution in [0, 0.1) is 5.82 Å². The molecule has 0 saturated carbocycles. The van der Waals surface area contributed by atoms with Crippen molar-refractivity contribution >= 4 is 16.9 Å². The molecular formula is C20H20FN3O4. The van der Waals surface area contributed by atoms with Crippen LogP contribution in [0.2, 0.25) is 0 Å². The first-order valence-corrected chi connectivity index (χ1v) is 8.93. The standard InChI is InChI=1S/C20H20FN3O4/c1-2-24-16-9-8-13(12-15(16)23-19(26)20(24)27)18(25)22-10-5-11-28-17-7-4-3-6-14(17)21/h3-4,6-9,12H,2,5,10-11H2,1H3,(H,22,25)(H,23,26). The molecule has 0 radical (unpaired) electrons. The van der Waals surface area contributed by atoms with Crippen molar-refractivity contribution < 1.29 is 13.9 Å².